The number of carbonyl (C=O) groups is 1. The van der Waals surface area contributed by atoms with Gasteiger partial charge >= 0.3 is 5.97 Å². The Morgan fingerprint density at radius 1 is 1.17 bits per heavy atom. The molecule has 6 heteroatoms. The fraction of sp³-hybridized carbons (Fsp3) is 0.235. The zero-order valence-electron chi connectivity index (χ0n) is 12.6. The van der Waals surface area contributed by atoms with E-state index < -0.39 is 5.97 Å². The molecule has 0 atom stereocenters. The zero-order chi connectivity index (χ0) is 16.1. The van der Waals surface area contributed by atoms with Gasteiger partial charge < -0.3 is 9.84 Å². The van der Waals surface area contributed by atoms with Crippen molar-refractivity contribution in [2.45, 2.75) is 26.0 Å². The first-order valence-corrected chi connectivity index (χ1v) is 7.44. The van der Waals surface area contributed by atoms with E-state index in [2.05, 4.69) is 10.3 Å². The van der Waals surface area contributed by atoms with Crippen LogP contribution in [0.2, 0.25) is 0 Å². The SMILES string of the molecule is O=C(O)CCCc1cccc(OCn2nnc3ccccc32)c1. The van der Waals surface area contributed by atoms with Gasteiger partial charge in [-0.3, -0.25) is 4.79 Å². The number of aromatic nitrogens is 3. The molecule has 0 aliphatic rings. The van der Waals surface area contributed by atoms with E-state index in [9.17, 15) is 4.79 Å². The van der Waals surface area contributed by atoms with Gasteiger partial charge in [-0.15, -0.1) is 5.10 Å². The number of aliphatic carboxylic acids is 1. The molecule has 0 aliphatic heterocycles. The molecule has 1 N–H and O–H groups in total. The van der Waals surface area contributed by atoms with Crippen molar-refractivity contribution in [3.05, 3.63) is 54.1 Å². The molecule has 0 saturated carbocycles. The predicted octanol–water partition coefficient (Wildman–Crippen LogP) is 2.88. The fourth-order valence-electron chi connectivity index (χ4n) is 2.38. The van der Waals surface area contributed by atoms with Crippen LogP contribution in [0.4, 0.5) is 0 Å². The molecule has 0 bridgehead atoms. The lowest BCUT2D eigenvalue weighted by Gasteiger charge is -2.08. The zero-order valence-corrected chi connectivity index (χ0v) is 12.6. The van der Waals surface area contributed by atoms with E-state index >= 15 is 0 Å². The molecule has 0 spiro atoms. The number of ether oxygens (including phenoxy) is 1. The minimum Gasteiger partial charge on any atom is -0.481 e. The van der Waals surface area contributed by atoms with Crippen molar-refractivity contribution in [2.24, 2.45) is 0 Å². The summed E-state index contributed by atoms with van der Waals surface area (Å²) in [5, 5.41) is 16.8. The molecule has 0 unspecified atom stereocenters. The lowest BCUT2D eigenvalue weighted by atomic mass is 10.1. The molecule has 0 saturated heterocycles. The Kier molecular flexibility index (Phi) is 4.52. The van der Waals surface area contributed by atoms with Crippen LogP contribution in [0.5, 0.6) is 5.75 Å². The van der Waals surface area contributed by atoms with Crippen molar-refractivity contribution in [2.75, 3.05) is 0 Å². The number of carboxylic acid groups (broad SMARTS) is 1. The minimum atomic E-state index is -0.768. The van der Waals surface area contributed by atoms with Gasteiger partial charge in [-0.05, 0) is 42.7 Å². The molecule has 3 rings (SSSR count). The average Bonchev–Trinajstić information content (AvgIpc) is 2.96. The summed E-state index contributed by atoms with van der Waals surface area (Å²) in [4.78, 5) is 10.6. The first-order valence-electron chi connectivity index (χ1n) is 7.44. The van der Waals surface area contributed by atoms with Crippen molar-refractivity contribution in [3.63, 3.8) is 0 Å². The number of carboxylic acids is 1. The lowest BCUT2D eigenvalue weighted by molar-refractivity contribution is -0.137. The van der Waals surface area contributed by atoms with E-state index in [1.165, 1.54) is 0 Å². The Hall–Kier alpha value is -2.89. The highest BCUT2D eigenvalue weighted by Crippen LogP contribution is 2.17. The Balaban J connectivity index is 1.63. The molecule has 1 aromatic heterocycles. The van der Waals surface area contributed by atoms with Crippen LogP contribution in [-0.2, 0) is 17.9 Å². The van der Waals surface area contributed by atoms with Crippen molar-refractivity contribution < 1.29 is 14.6 Å². The van der Waals surface area contributed by atoms with E-state index in [0.717, 1.165) is 28.8 Å². The second kappa shape index (κ2) is 6.91. The molecule has 0 radical (unpaired) electrons. The molecule has 0 fully saturated rings. The summed E-state index contributed by atoms with van der Waals surface area (Å²) in [6.07, 6.45) is 1.51. The van der Waals surface area contributed by atoms with Crippen molar-refractivity contribution in [1.82, 2.24) is 15.0 Å². The van der Waals surface area contributed by atoms with Crippen molar-refractivity contribution in [3.8, 4) is 5.75 Å². The monoisotopic (exact) mass is 311 g/mol. The topological polar surface area (TPSA) is 77.2 Å². The van der Waals surface area contributed by atoms with Gasteiger partial charge in [0.25, 0.3) is 0 Å². The Labute approximate surface area is 133 Å². The van der Waals surface area contributed by atoms with E-state index in [4.69, 9.17) is 9.84 Å². The van der Waals surface area contributed by atoms with Gasteiger partial charge in [-0.2, -0.15) is 0 Å². The normalized spacial score (nSPS) is 10.8. The van der Waals surface area contributed by atoms with Gasteiger partial charge in [0.1, 0.15) is 11.3 Å². The van der Waals surface area contributed by atoms with Gasteiger partial charge in [-0.1, -0.05) is 29.5 Å². The smallest absolute Gasteiger partial charge is 0.303 e. The highest BCUT2D eigenvalue weighted by Gasteiger charge is 2.04. The molecule has 1 heterocycles. The van der Waals surface area contributed by atoms with E-state index in [-0.39, 0.29) is 13.2 Å². The van der Waals surface area contributed by atoms with Crippen LogP contribution in [0.15, 0.2) is 48.5 Å². The number of nitrogens with zero attached hydrogens (tertiary/aromatic N) is 3. The maximum Gasteiger partial charge on any atom is 0.303 e. The van der Waals surface area contributed by atoms with Crippen LogP contribution in [0.3, 0.4) is 0 Å². The summed E-state index contributed by atoms with van der Waals surface area (Å²) in [6, 6.07) is 15.4. The molecular weight excluding hydrogens is 294 g/mol. The fourth-order valence-corrected chi connectivity index (χ4v) is 2.38. The Morgan fingerprint density at radius 2 is 2.04 bits per heavy atom. The number of benzene rings is 2. The van der Waals surface area contributed by atoms with Crippen LogP contribution in [0.25, 0.3) is 11.0 Å². The Morgan fingerprint density at radius 3 is 2.91 bits per heavy atom. The molecule has 2 aromatic carbocycles. The van der Waals surface area contributed by atoms with Gasteiger partial charge in [0, 0.05) is 6.42 Å². The first kappa shape index (κ1) is 15.0. The second-order valence-electron chi connectivity index (χ2n) is 5.25. The number of fused-ring (bicyclic) bond motifs is 1. The van der Waals surface area contributed by atoms with Crippen molar-refractivity contribution in [1.29, 1.82) is 0 Å². The van der Waals surface area contributed by atoms with Gasteiger partial charge in [0.15, 0.2) is 6.73 Å². The maximum atomic E-state index is 10.6. The summed E-state index contributed by atoms with van der Waals surface area (Å²) in [7, 11) is 0. The van der Waals surface area contributed by atoms with E-state index in [0.29, 0.717) is 6.42 Å². The molecule has 23 heavy (non-hydrogen) atoms. The number of aryl methyl sites for hydroxylation is 1. The highest BCUT2D eigenvalue weighted by molar-refractivity contribution is 5.73. The van der Waals surface area contributed by atoms with Gasteiger partial charge in [0.2, 0.25) is 0 Å². The third-order valence-electron chi connectivity index (χ3n) is 3.53. The number of rotatable bonds is 7. The molecule has 0 amide bonds. The Bertz CT molecular complexity index is 813. The quantitative estimate of drug-likeness (QED) is 0.726. The number of hydrogen-bond acceptors (Lipinski definition) is 4. The largest absolute Gasteiger partial charge is 0.481 e. The van der Waals surface area contributed by atoms with E-state index in [1.54, 1.807) is 4.68 Å². The van der Waals surface area contributed by atoms with Crippen LogP contribution in [0, 0.1) is 0 Å². The summed E-state index contributed by atoms with van der Waals surface area (Å²) in [5.41, 5.74) is 2.82. The molecule has 6 nitrogen and oxygen atoms in total. The first-order chi connectivity index (χ1) is 11.2. The third kappa shape index (κ3) is 3.85. The third-order valence-corrected chi connectivity index (χ3v) is 3.53. The summed E-state index contributed by atoms with van der Waals surface area (Å²) < 4.78 is 7.47. The van der Waals surface area contributed by atoms with Crippen LogP contribution >= 0.6 is 0 Å². The molecular formula is C17H17N3O3. The number of hydrogen-bond donors (Lipinski definition) is 1. The number of para-hydroxylation sites is 1. The average molecular weight is 311 g/mol. The molecule has 3 aromatic rings. The maximum absolute atomic E-state index is 10.6. The van der Waals surface area contributed by atoms with Gasteiger partial charge in [-0.25, -0.2) is 4.68 Å². The second-order valence-corrected chi connectivity index (χ2v) is 5.25. The summed E-state index contributed by atoms with van der Waals surface area (Å²) in [5.74, 6) is -0.0344. The molecule has 0 aliphatic carbocycles. The van der Waals surface area contributed by atoms with Crippen LogP contribution in [-0.4, -0.2) is 26.1 Å². The minimum absolute atomic E-state index is 0.177. The lowest BCUT2D eigenvalue weighted by Crippen LogP contribution is -2.07. The molecule has 118 valence electrons. The van der Waals surface area contributed by atoms with Crippen LogP contribution in [0.1, 0.15) is 18.4 Å². The van der Waals surface area contributed by atoms with Crippen molar-refractivity contribution >= 4 is 17.0 Å². The summed E-state index contributed by atoms with van der Waals surface area (Å²) in [6.45, 7) is 0.277. The standard InChI is InChI=1S/C17H17N3O3/c21-17(22)10-4-6-13-5-3-7-14(11-13)23-12-20-16-9-2-1-8-15(16)18-19-20/h1-3,5,7-9,11H,4,6,10,12H2,(H,21,22). The predicted molar refractivity (Wildman–Crippen MR) is 85.2 cm³/mol. The van der Waals surface area contributed by atoms with Crippen LogP contribution < -0.4 is 4.74 Å². The van der Waals surface area contributed by atoms with Gasteiger partial charge in [0.05, 0.1) is 5.52 Å². The summed E-state index contributed by atoms with van der Waals surface area (Å²) >= 11 is 0. The highest BCUT2D eigenvalue weighted by atomic mass is 16.5. The van der Waals surface area contributed by atoms with E-state index in [1.807, 2.05) is 48.5 Å².